The predicted molar refractivity (Wildman–Crippen MR) is 62.8 cm³/mol. The smallest absolute Gasteiger partial charge is 0.138 e. The van der Waals surface area contributed by atoms with Crippen LogP contribution in [0.3, 0.4) is 0 Å². The fraction of sp³-hybridized carbons (Fsp3) is 0.909. The summed E-state index contributed by atoms with van der Waals surface area (Å²) in [5.41, 5.74) is 0. The molecular weight excluding hydrogens is 194 g/mol. The van der Waals surface area contributed by atoms with Crippen molar-refractivity contribution < 1.29 is 4.79 Å². The molecule has 0 aromatic carbocycles. The minimum Gasteiger partial charge on any atom is -0.299 e. The van der Waals surface area contributed by atoms with Gasteiger partial charge in [0, 0.05) is 36.7 Å². The molecule has 0 aromatic heterocycles. The van der Waals surface area contributed by atoms with Crippen LogP contribution < -0.4 is 0 Å². The molecule has 1 aliphatic heterocycles. The maximum atomic E-state index is 11.5. The van der Waals surface area contributed by atoms with Crippen LogP contribution in [0, 0.1) is 5.92 Å². The molecule has 1 rings (SSSR count). The zero-order chi connectivity index (χ0) is 10.7. The van der Waals surface area contributed by atoms with Crippen molar-refractivity contribution in [2.45, 2.75) is 38.5 Å². The first kappa shape index (κ1) is 12.1. The molecule has 3 atom stereocenters. The minimum atomic E-state index is 0.220. The molecule has 82 valence electrons. The van der Waals surface area contributed by atoms with Crippen molar-refractivity contribution in [3.63, 3.8) is 0 Å². The van der Waals surface area contributed by atoms with E-state index in [1.807, 2.05) is 11.8 Å². The van der Waals surface area contributed by atoms with Crippen LogP contribution in [0.4, 0.5) is 0 Å². The first-order chi connectivity index (χ1) is 6.56. The Morgan fingerprint density at radius 2 is 2.21 bits per heavy atom. The van der Waals surface area contributed by atoms with Crippen LogP contribution in [0.2, 0.25) is 0 Å². The highest BCUT2D eigenvalue weighted by atomic mass is 32.2. The highest BCUT2D eigenvalue weighted by molar-refractivity contribution is 7.99. The molecule has 3 heteroatoms. The van der Waals surface area contributed by atoms with E-state index in [0.29, 0.717) is 17.1 Å². The quantitative estimate of drug-likeness (QED) is 0.718. The van der Waals surface area contributed by atoms with E-state index in [2.05, 4.69) is 31.9 Å². The number of carbonyl (C=O) groups excluding carboxylic acids is 1. The third kappa shape index (κ3) is 2.74. The molecule has 0 radical (unpaired) electrons. The van der Waals surface area contributed by atoms with Crippen molar-refractivity contribution in [1.29, 1.82) is 0 Å². The van der Waals surface area contributed by atoms with Crippen molar-refractivity contribution in [2.75, 3.05) is 19.3 Å². The van der Waals surface area contributed by atoms with E-state index in [4.69, 9.17) is 0 Å². The number of ketones is 1. The zero-order valence-corrected chi connectivity index (χ0v) is 10.4. The Morgan fingerprint density at radius 1 is 1.57 bits per heavy atom. The molecule has 0 saturated carbocycles. The van der Waals surface area contributed by atoms with Crippen LogP contribution in [0.15, 0.2) is 0 Å². The number of nitrogens with zero attached hydrogens (tertiary/aromatic N) is 1. The summed E-state index contributed by atoms with van der Waals surface area (Å²) in [4.78, 5) is 13.9. The normalized spacial score (nSPS) is 31.9. The average Bonchev–Trinajstić information content (AvgIpc) is 2.19. The lowest BCUT2D eigenvalue weighted by Gasteiger charge is -2.38. The molecule has 1 fully saturated rings. The van der Waals surface area contributed by atoms with Crippen molar-refractivity contribution in [1.82, 2.24) is 4.90 Å². The van der Waals surface area contributed by atoms with Gasteiger partial charge in [0.25, 0.3) is 0 Å². The van der Waals surface area contributed by atoms with Gasteiger partial charge in [-0.1, -0.05) is 13.8 Å². The maximum absolute atomic E-state index is 11.5. The van der Waals surface area contributed by atoms with Crippen molar-refractivity contribution in [3.05, 3.63) is 0 Å². The first-order valence-corrected chi connectivity index (χ1v) is 6.64. The van der Waals surface area contributed by atoms with Gasteiger partial charge in [0.2, 0.25) is 0 Å². The van der Waals surface area contributed by atoms with Crippen LogP contribution in [0.1, 0.15) is 27.2 Å². The average molecular weight is 215 g/mol. The van der Waals surface area contributed by atoms with Crippen LogP contribution in [-0.4, -0.2) is 41.3 Å². The Morgan fingerprint density at radius 3 is 2.79 bits per heavy atom. The fourth-order valence-corrected chi connectivity index (χ4v) is 2.27. The molecule has 3 unspecified atom stereocenters. The summed E-state index contributed by atoms with van der Waals surface area (Å²) < 4.78 is 0. The lowest BCUT2D eigenvalue weighted by atomic mass is 9.90. The number of rotatable bonds is 3. The highest BCUT2D eigenvalue weighted by Gasteiger charge is 2.30. The lowest BCUT2D eigenvalue weighted by molar-refractivity contribution is -0.127. The van der Waals surface area contributed by atoms with E-state index in [1.54, 1.807) is 0 Å². The second-order valence-corrected chi connectivity index (χ2v) is 5.56. The van der Waals surface area contributed by atoms with E-state index >= 15 is 0 Å². The van der Waals surface area contributed by atoms with E-state index < -0.39 is 0 Å². The Balaban J connectivity index is 2.50. The standard InChI is InChI=1S/C11H21NOS/c1-8(14-4)7-12-6-5-11(13)9(2)10(12)3/h8-10H,5-7H2,1-4H3. The van der Waals surface area contributed by atoms with Gasteiger partial charge in [0.15, 0.2) is 0 Å². The van der Waals surface area contributed by atoms with E-state index in [0.717, 1.165) is 19.5 Å². The Labute approximate surface area is 91.4 Å². The number of hydrogen-bond donors (Lipinski definition) is 0. The molecule has 0 N–H and O–H groups in total. The van der Waals surface area contributed by atoms with Gasteiger partial charge < -0.3 is 0 Å². The number of thioether (sulfide) groups is 1. The summed E-state index contributed by atoms with van der Waals surface area (Å²) >= 11 is 1.90. The Kier molecular flexibility index (Phi) is 4.45. The van der Waals surface area contributed by atoms with Gasteiger partial charge in [-0.05, 0) is 13.2 Å². The summed E-state index contributed by atoms with van der Waals surface area (Å²) in [6, 6.07) is 0.422. The second kappa shape index (κ2) is 5.17. The second-order valence-electron chi connectivity index (χ2n) is 4.29. The summed E-state index contributed by atoms with van der Waals surface area (Å²) in [5, 5.41) is 0.665. The highest BCUT2D eigenvalue weighted by Crippen LogP contribution is 2.21. The van der Waals surface area contributed by atoms with Gasteiger partial charge in [-0.15, -0.1) is 0 Å². The molecule has 1 saturated heterocycles. The maximum Gasteiger partial charge on any atom is 0.138 e. The van der Waals surface area contributed by atoms with Crippen molar-refractivity contribution in [2.24, 2.45) is 5.92 Å². The molecule has 0 amide bonds. The zero-order valence-electron chi connectivity index (χ0n) is 9.62. The molecule has 1 heterocycles. The molecular formula is C11H21NOS. The number of carbonyl (C=O) groups is 1. The van der Waals surface area contributed by atoms with Gasteiger partial charge >= 0.3 is 0 Å². The molecule has 0 aromatic rings. The van der Waals surface area contributed by atoms with Gasteiger partial charge in [0.05, 0.1) is 0 Å². The number of hydrogen-bond acceptors (Lipinski definition) is 3. The van der Waals surface area contributed by atoms with Gasteiger partial charge in [-0.3, -0.25) is 9.69 Å². The fourth-order valence-electron chi connectivity index (χ4n) is 1.93. The Hall–Kier alpha value is -0.0200. The van der Waals surface area contributed by atoms with Crippen LogP contribution in [-0.2, 0) is 4.79 Å². The number of likely N-dealkylation sites (tertiary alicyclic amines) is 1. The molecule has 0 bridgehead atoms. The summed E-state index contributed by atoms with van der Waals surface area (Å²) in [5.74, 6) is 0.656. The lowest BCUT2D eigenvalue weighted by Crippen LogP contribution is -2.48. The largest absolute Gasteiger partial charge is 0.299 e. The summed E-state index contributed by atoms with van der Waals surface area (Å²) in [7, 11) is 0. The molecule has 1 aliphatic rings. The third-order valence-electron chi connectivity index (χ3n) is 3.35. The Bertz CT molecular complexity index is 207. The minimum absolute atomic E-state index is 0.220. The molecule has 0 aliphatic carbocycles. The van der Waals surface area contributed by atoms with Crippen LogP contribution >= 0.6 is 11.8 Å². The van der Waals surface area contributed by atoms with Gasteiger partial charge in [-0.2, -0.15) is 11.8 Å². The first-order valence-electron chi connectivity index (χ1n) is 5.35. The topological polar surface area (TPSA) is 20.3 Å². The number of piperidine rings is 1. The van der Waals surface area contributed by atoms with Crippen LogP contribution in [0.25, 0.3) is 0 Å². The van der Waals surface area contributed by atoms with Crippen molar-refractivity contribution in [3.8, 4) is 0 Å². The van der Waals surface area contributed by atoms with Crippen LogP contribution in [0.5, 0.6) is 0 Å². The van der Waals surface area contributed by atoms with E-state index in [1.165, 1.54) is 0 Å². The number of Topliss-reactive ketones (excluding diaryl/α,β-unsaturated/α-hetero) is 1. The summed E-state index contributed by atoms with van der Waals surface area (Å²) in [6.07, 6.45) is 2.89. The summed E-state index contributed by atoms with van der Waals surface area (Å²) in [6.45, 7) is 8.55. The molecule has 0 spiro atoms. The predicted octanol–water partition coefficient (Wildman–Crippen LogP) is 2.04. The van der Waals surface area contributed by atoms with Crippen molar-refractivity contribution >= 4 is 17.5 Å². The van der Waals surface area contributed by atoms with Gasteiger partial charge in [-0.25, -0.2) is 0 Å². The van der Waals surface area contributed by atoms with E-state index in [9.17, 15) is 4.79 Å². The molecule has 14 heavy (non-hydrogen) atoms. The molecule has 2 nitrogen and oxygen atoms in total. The van der Waals surface area contributed by atoms with E-state index in [-0.39, 0.29) is 5.92 Å². The SMILES string of the molecule is CSC(C)CN1CCC(=O)C(C)C1C. The monoisotopic (exact) mass is 215 g/mol. The third-order valence-corrected chi connectivity index (χ3v) is 4.30. The van der Waals surface area contributed by atoms with Gasteiger partial charge in [0.1, 0.15) is 5.78 Å².